The Morgan fingerprint density at radius 3 is 2.75 bits per heavy atom. The van der Waals surface area contributed by atoms with Crippen LogP contribution in [0.4, 0.5) is 0 Å². The highest BCUT2D eigenvalue weighted by Gasteiger charge is 2.12. The summed E-state index contributed by atoms with van der Waals surface area (Å²) < 4.78 is 9.90. The van der Waals surface area contributed by atoms with E-state index in [1.807, 2.05) is 0 Å². The molecule has 1 heterocycles. The summed E-state index contributed by atoms with van der Waals surface area (Å²) in [7, 11) is 0. The maximum absolute atomic E-state index is 4.95. The molecule has 4 heteroatoms. The largest absolute Gasteiger partial charge is 0.374 e. The number of ether oxygens (including phenoxy) is 2. The summed E-state index contributed by atoms with van der Waals surface area (Å²) in [6.45, 7) is 1.65. The molecule has 0 aromatic rings. The van der Waals surface area contributed by atoms with E-state index in [0.717, 1.165) is 0 Å². The molecule has 1 aliphatic heterocycles. The molecule has 0 aromatic carbocycles. The van der Waals surface area contributed by atoms with Gasteiger partial charge in [-0.3, -0.25) is 4.84 Å². The summed E-state index contributed by atoms with van der Waals surface area (Å²) in [6, 6.07) is 0. The molecule has 8 heavy (non-hydrogen) atoms. The summed E-state index contributed by atoms with van der Waals surface area (Å²) in [5, 5.41) is 0. The van der Waals surface area contributed by atoms with Gasteiger partial charge < -0.3 is 9.47 Å². The molecule has 1 atom stereocenters. The maximum Gasteiger partial charge on any atom is 0.200 e. The summed E-state index contributed by atoms with van der Waals surface area (Å²) in [5.41, 5.74) is 0. The Labute approximate surface area is 47.5 Å². The van der Waals surface area contributed by atoms with Gasteiger partial charge in [0, 0.05) is 0 Å². The highest BCUT2D eigenvalue weighted by atomic mass is 16.8. The standard InChI is InChI=1S/C4H9NO3/c5-8-4-3-6-1-2-7-4/h4H,1-3,5H2. The monoisotopic (exact) mass is 119 g/mol. The Bertz CT molecular complexity index is 62.3. The minimum atomic E-state index is -0.358. The third-order valence-electron chi connectivity index (χ3n) is 0.937. The van der Waals surface area contributed by atoms with Crippen LogP contribution in [0.2, 0.25) is 0 Å². The van der Waals surface area contributed by atoms with Crippen molar-refractivity contribution in [1.82, 2.24) is 0 Å². The molecule has 1 aliphatic rings. The average molecular weight is 119 g/mol. The summed E-state index contributed by atoms with van der Waals surface area (Å²) in [6.07, 6.45) is -0.358. The lowest BCUT2D eigenvalue weighted by Gasteiger charge is -2.19. The predicted octanol–water partition coefficient (Wildman–Crippen LogP) is -0.750. The van der Waals surface area contributed by atoms with Crippen molar-refractivity contribution in [2.24, 2.45) is 5.90 Å². The molecule has 0 bridgehead atoms. The number of rotatable bonds is 1. The van der Waals surface area contributed by atoms with Crippen LogP contribution in [0.5, 0.6) is 0 Å². The molecule has 48 valence electrons. The smallest absolute Gasteiger partial charge is 0.200 e. The minimum absolute atomic E-state index is 0.358. The lowest BCUT2D eigenvalue weighted by molar-refractivity contribution is -0.213. The molecule has 1 rings (SSSR count). The van der Waals surface area contributed by atoms with Crippen LogP contribution in [0.25, 0.3) is 0 Å². The average Bonchev–Trinajstić information content (AvgIpc) is 1.90. The van der Waals surface area contributed by atoms with Crippen LogP contribution in [-0.2, 0) is 14.3 Å². The Morgan fingerprint density at radius 2 is 2.38 bits per heavy atom. The summed E-state index contributed by atoms with van der Waals surface area (Å²) in [5.74, 6) is 4.80. The molecule has 1 unspecified atom stereocenters. The van der Waals surface area contributed by atoms with Gasteiger partial charge in [0.15, 0.2) is 6.29 Å². The molecule has 1 fully saturated rings. The molecule has 0 aromatic heterocycles. The molecule has 0 saturated carbocycles. The topological polar surface area (TPSA) is 53.7 Å². The highest BCUT2D eigenvalue weighted by Crippen LogP contribution is 1.97. The van der Waals surface area contributed by atoms with Gasteiger partial charge in [0.2, 0.25) is 0 Å². The minimum Gasteiger partial charge on any atom is -0.374 e. The lowest BCUT2D eigenvalue weighted by Crippen LogP contribution is -2.32. The number of hydrogen-bond donors (Lipinski definition) is 1. The Balaban J connectivity index is 2.13. The third-order valence-corrected chi connectivity index (χ3v) is 0.937. The SMILES string of the molecule is NOC1COCCO1. The van der Waals surface area contributed by atoms with Gasteiger partial charge in [-0.15, -0.1) is 0 Å². The first-order chi connectivity index (χ1) is 3.93. The van der Waals surface area contributed by atoms with Crippen molar-refractivity contribution in [3.63, 3.8) is 0 Å². The van der Waals surface area contributed by atoms with Gasteiger partial charge in [-0.2, -0.15) is 0 Å². The molecule has 0 amide bonds. The normalized spacial score (nSPS) is 30.4. The molecule has 0 aliphatic carbocycles. The molecule has 0 spiro atoms. The summed E-state index contributed by atoms with van der Waals surface area (Å²) >= 11 is 0. The zero-order valence-corrected chi connectivity index (χ0v) is 4.50. The second-order valence-electron chi connectivity index (χ2n) is 1.51. The van der Waals surface area contributed by atoms with Crippen molar-refractivity contribution >= 4 is 0 Å². The Kier molecular flexibility index (Phi) is 2.23. The van der Waals surface area contributed by atoms with Crippen molar-refractivity contribution in [3.05, 3.63) is 0 Å². The Hall–Kier alpha value is -0.160. The molecule has 2 N–H and O–H groups in total. The van der Waals surface area contributed by atoms with Gasteiger partial charge in [0.05, 0.1) is 19.8 Å². The fourth-order valence-electron chi connectivity index (χ4n) is 0.545. The highest BCUT2D eigenvalue weighted by molar-refractivity contribution is 4.45. The van der Waals surface area contributed by atoms with E-state index in [1.54, 1.807) is 0 Å². The second kappa shape index (κ2) is 2.99. The van der Waals surface area contributed by atoms with Crippen LogP contribution in [0.3, 0.4) is 0 Å². The van der Waals surface area contributed by atoms with Crippen LogP contribution in [0, 0.1) is 0 Å². The van der Waals surface area contributed by atoms with Crippen LogP contribution in [-0.4, -0.2) is 26.1 Å². The molecule has 4 nitrogen and oxygen atoms in total. The Morgan fingerprint density at radius 1 is 1.50 bits per heavy atom. The van der Waals surface area contributed by atoms with E-state index in [0.29, 0.717) is 19.8 Å². The van der Waals surface area contributed by atoms with Gasteiger partial charge in [0.1, 0.15) is 0 Å². The first-order valence-electron chi connectivity index (χ1n) is 2.48. The van der Waals surface area contributed by atoms with Gasteiger partial charge in [-0.25, -0.2) is 5.90 Å². The third kappa shape index (κ3) is 1.41. The van der Waals surface area contributed by atoms with E-state index in [9.17, 15) is 0 Å². The first kappa shape index (κ1) is 5.97. The van der Waals surface area contributed by atoms with E-state index < -0.39 is 0 Å². The van der Waals surface area contributed by atoms with E-state index in [-0.39, 0.29) is 6.29 Å². The maximum atomic E-state index is 4.95. The van der Waals surface area contributed by atoms with Crippen LogP contribution >= 0.6 is 0 Å². The fourth-order valence-corrected chi connectivity index (χ4v) is 0.545. The van der Waals surface area contributed by atoms with Gasteiger partial charge in [-0.05, 0) is 0 Å². The molecular formula is C4H9NO3. The van der Waals surface area contributed by atoms with Crippen molar-refractivity contribution in [3.8, 4) is 0 Å². The van der Waals surface area contributed by atoms with Crippen LogP contribution in [0.15, 0.2) is 0 Å². The van der Waals surface area contributed by atoms with Crippen molar-refractivity contribution in [1.29, 1.82) is 0 Å². The summed E-state index contributed by atoms with van der Waals surface area (Å²) in [4.78, 5) is 4.34. The van der Waals surface area contributed by atoms with Gasteiger partial charge in [-0.1, -0.05) is 0 Å². The first-order valence-corrected chi connectivity index (χ1v) is 2.48. The number of nitrogens with two attached hydrogens (primary N) is 1. The quantitative estimate of drug-likeness (QED) is 0.461. The zero-order chi connectivity index (χ0) is 5.82. The molecule has 1 saturated heterocycles. The molecule has 0 radical (unpaired) electrons. The van der Waals surface area contributed by atoms with Gasteiger partial charge in [0.25, 0.3) is 0 Å². The van der Waals surface area contributed by atoms with Crippen LogP contribution < -0.4 is 5.90 Å². The van der Waals surface area contributed by atoms with E-state index in [4.69, 9.17) is 15.4 Å². The fraction of sp³-hybridized carbons (Fsp3) is 1.00. The second-order valence-corrected chi connectivity index (χ2v) is 1.51. The van der Waals surface area contributed by atoms with Gasteiger partial charge >= 0.3 is 0 Å². The van der Waals surface area contributed by atoms with E-state index in [2.05, 4.69) is 4.84 Å². The lowest BCUT2D eigenvalue weighted by atomic mass is 10.6. The van der Waals surface area contributed by atoms with Crippen molar-refractivity contribution < 1.29 is 14.3 Å². The predicted molar refractivity (Wildman–Crippen MR) is 25.8 cm³/mol. The number of hydrogen-bond acceptors (Lipinski definition) is 4. The van der Waals surface area contributed by atoms with Crippen molar-refractivity contribution in [2.45, 2.75) is 6.29 Å². The zero-order valence-electron chi connectivity index (χ0n) is 4.50. The van der Waals surface area contributed by atoms with E-state index in [1.165, 1.54) is 0 Å². The van der Waals surface area contributed by atoms with E-state index >= 15 is 0 Å². The molecular weight excluding hydrogens is 110 g/mol. The van der Waals surface area contributed by atoms with Crippen LogP contribution in [0.1, 0.15) is 0 Å². The van der Waals surface area contributed by atoms with Crippen molar-refractivity contribution in [2.75, 3.05) is 19.8 Å².